The smallest absolute Gasteiger partial charge is 0.199 e. The highest BCUT2D eigenvalue weighted by atomic mass is 16.6. The van der Waals surface area contributed by atoms with Crippen molar-refractivity contribution in [3.05, 3.63) is 54.1 Å². The molecule has 0 amide bonds. The summed E-state index contributed by atoms with van der Waals surface area (Å²) in [6.07, 6.45) is 0. The van der Waals surface area contributed by atoms with E-state index in [-0.39, 0.29) is 5.82 Å². The molecule has 0 bridgehead atoms. The standard InChI is InChI=1S/C19H18N6O3/c1-26-13-7-5-6-12(10-13)15(22-27-2)11-25-16-9-4-3-8-14(16)21-19(25)17-18(20)24-28-23-17/h3-10H,11H2,1-2H3,(H2,20,24). The second kappa shape index (κ2) is 7.39. The van der Waals surface area contributed by atoms with Crippen LogP contribution in [-0.2, 0) is 11.4 Å². The third kappa shape index (κ3) is 3.13. The monoisotopic (exact) mass is 378 g/mol. The third-order valence-corrected chi connectivity index (χ3v) is 4.29. The molecule has 0 radical (unpaired) electrons. The molecule has 9 nitrogen and oxygen atoms in total. The van der Waals surface area contributed by atoms with Crippen LogP contribution in [0.3, 0.4) is 0 Å². The van der Waals surface area contributed by atoms with Crippen LogP contribution in [0.15, 0.2) is 58.3 Å². The summed E-state index contributed by atoms with van der Waals surface area (Å²) in [5.74, 6) is 1.43. The Hall–Kier alpha value is -3.88. The van der Waals surface area contributed by atoms with E-state index in [0.717, 1.165) is 22.3 Å². The topological polar surface area (TPSA) is 114 Å². The van der Waals surface area contributed by atoms with E-state index >= 15 is 0 Å². The molecule has 0 aliphatic rings. The second-order valence-corrected chi connectivity index (χ2v) is 5.96. The summed E-state index contributed by atoms with van der Waals surface area (Å²) in [6.45, 7) is 0.364. The number of hydrogen-bond acceptors (Lipinski definition) is 8. The number of methoxy groups -OCH3 is 1. The van der Waals surface area contributed by atoms with Crippen molar-refractivity contribution in [2.45, 2.75) is 6.54 Å². The molecule has 4 rings (SSSR count). The maximum atomic E-state index is 5.91. The minimum absolute atomic E-state index is 0.170. The van der Waals surface area contributed by atoms with Gasteiger partial charge in [0.15, 0.2) is 17.3 Å². The van der Waals surface area contributed by atoms with Gasteiger partial charge >= 0.3 is 0 Å². The Balaban J connectivity index is 1.85. The van der Waals surface area contributed by atoms with Gasteiger partial charge in [-0.3, -0.25) is 0 Å². The van der Waals surface area contributed by atoms with E-state index in [1.807, 2.05) is 53.1 Å². The van der Waals surface area contributed by atoms with Gasteiger partial charge in [0.05, 0.1) is 24.7 Å². The first-order valence-corrected chi connectivity index (χ1v) is 8.49. The second-order valence-electron chi connectivity index (χ2n) is 5.96. The SMILES string of the molecule is CON=C(Cn1c(-c2nonc2N)nc2ccccc21)c1cccc(OC)c1. The average Bonchev–Trinajstić information content (AvgIpc) is 3.31. The zero-order valence-corrected chi connectivity index (χ0v) is 15.4. The van der Waals surface area contributed by atoms with Gasteiger partial charge in [0.25, 0.3) is 0 Å². The number of fused-ring (bicyclic) bond motifs is 1. The molecule has 0 aliphatic heterocycles. The summed E-state index contributed by atoms with van der Waals surface area (Å²) in [7, 11) is 3.13. The highest BCUT2D eigenvalue weighted by molar-refractivity contribution is 6.01. The van der Waals surface area contributed by atoms with Crippen LogP contribution in [0.5, 0.6) is 5.75 Å². The number of nitrogens with two attached hydrogens (primary N) is 1. The summed E-state index contributed by atoms with van der Waals surface area (Å²) in [6, 6.07) is 15.3. The van der Waals surface area contributed by atoms with Crippen LogP contribution < -0.4 is 10.5 Å². The predicted octanol–water partition coefficient (Wildman–Crippen LogP) is 2.73. The van der Waals surface area contributed by atoms with Crippen molar-refractivity contribution in [1.29, 1.82) is 0 Å². The molecule has 0 unspecified atom stereocenters. The van der Waals surface area contributed by atoms with Gasteiger partial charge in [0.1, 0.15) is 18.6 Å². The van der Waals surface area contributed by atoms with Crippen molar-refractivity contribution >= 4 is 22.6 Å². The first-order valence-electron chi connectivity index (χ1n) is 8.49. The zero-order valence-electron chi connectivity index (χ0n) is 15.4. The Kier molecular flexibility index (Phi) is 4.63. The molecular weight excluding hydrogens is 360 g/mol. The van der Waals surface area contributed by atoms with E-state index in [9.17, 15) is 0 Å². The van der Waals surface area contributed by atoms with E-state index in [1.165, 1.54) is 7.11 Å². The Morgan fingerprint density at radius 2 is 2.00 bits per heavy atom. The molecule has 0 atom stereocenters. The van der Waals surface area contributed by atoms with E-state index in [2.05, 4.69) is 20.5 Å². The van der Waals surface area contributed by atoms with Gasteiger partial charge in [-0.25, -0.2) is 9.61 Å². The molecule has 2 aromatic heterocycles. The van der Waals surface area contributed by atoms with E-state index in [4.69, 9.17) is 19.9 Å². The molecule has 142 valence electrons. The summed E-state index contributed by atoms with van der Waals surface area (Å²) in [4.78, 5) is 9.75. The van der Waals surface area contributed by atoms with Crippen molar-refractivity contribution in [1.82, 2.24) is 19.9 Å². The summed E-state index contributed by atoms with van der Waals surface area (Å²) in [5.41, 5.74) is 9.51. The molecule has 0 spiro atoms. The molecule has 0 aliphatic carbocycles. The Morgan fingerprint density at radius 1 is 1.14 bits per heavy atom. The number of aromatic nitrogens is 4. The van der Waals surface area contributed by atoms with Crippen molar-refractivity contribution in [3.63, 3.8) is 0 Å². The van der Waals surface area contributed by atoms with Crippen LogP contribution in [0.2, 0.25) is 0 Å². The predicted molar refractivity (Wildman–Crippen MR) is 104 cm³/mol. The van der Waals surface area contributed by atoms with Gasteiger partial charge in [0, 0.05) is 5.56 Å². The van der Waals surface area contributed by atoms with E-state index < -0.39 is 0 Å². The fourth-order valence-corrected chi connectivity index (χ4v) is 3.00. The lowest BCUT2D eigenvalue weighted by Gasteiger charge is -2.11. The molecule has 0 fully saturated rings. The number of oxime groups is 1. The normalized spacial score (nSPS) is 11.7. The third-order valence-electron chi connectivity index (χ3n) is 4.29. The summed E-state index contributed by atoms with van der Waals surface area (Å²) >= 11 is 0. The number of anilines is 1. The molecular formula is C19H18N6O3. The van der Waals surface area contributed by atoms with Crippen molar-refractivity contribution in [2.75, 3.05) is 20.0 Å². The molecule has 2 aromatic carbocycles. The number of nitrogen functional groups attached to an aromatic ring is 1. The Morgan fingerprint density at radius 3 is 2.75 bits per heavy atom. The molecule has 4 aromatic rings. The van der Waals surface area contributed by atoms with Gasteiger partial charge in [-0.2, -0.15) is 0 Å². The first kappa shape index (κ1) is 17.5. The first-order chi connectivity index (χ1) is 13.7. The van der Waals surface area contributed by atoms with Crippen LogP contribution in [0, 0.1) is 0 Å². The number of nitrogens with zero attached hydrogens (tertiary/aromatic N) is 5. The molecule has 2 heterocycles. The highest BCUT2D eigenvalue weighted by Crippen LogP contribution is 2.27. The van der Waals surface area contributed by atoms with Crippen molar-refractivity contribution < 1.29 is 14.2 Å². The lowest BCUT2D eigenvalue weighted by Crippen LogP contribution is -2.14. The van der Waals surface area contributed by atoms with Crippen LogP contribution >= 0.6 is 0 Å². The highest BCUT2D eigenvalue weighted by Gasteiger charge is 2.21. The molecule has 0 saturated carbocycles. The summed E-state index contributed by atoms with van der Waals surface area (Å²) < 4.78 is 12.0. The zero-order chi connectivity index (χ0) is 19.5. The van der Waals surface area contributed by atoms with Crippen LogP contribution in [0.4, 0.5) is 5.82 Å². The van der Waals surface area contributed by atoms with Crippen LogP contribution in [0.25, 0.3) is 22.6 Å². The average molecular weight is 378 g/mol. The Bertz CT molecular complexity index is 1150. The number of ether oxygens (including phenoxy) is 1. The summed E-state index contributed by atoms with van der Waals surface area (Å²) in [5, 5.41) is 11.8. The van der Waals surface area contributed by atoms with E-state index in [1.54, 1.807) is 7.11 Å². The largest absolute Gasteiger partial charge is 0.497 e. The molecule has 0 saturated heterocycles. The Labute approximate surface area is 160 Å². The van der Waals surface area contributed by atoms with Crippen LogP contribution in [-0.4, -0.2) is 39.8 Å². The number of hydrogen-bond donors (Lipinski definition) is 1. The number of rotatable bonds is 6. The minimum atomic E-state index is 0.170. The fraction of sp³-hybridized carbons (Fsp3) is 0.158. The quantitative estimate of drug-likeness (QED) is 0.405. The maximum Gasteiger partial charge on any atom is 0.199 e. The van der Waals surface area contributed by atoms with Gasteiger partial charge in [0.2, 0.25) is 0 Å². The van der Waals surface area contributed by atoms with Gasteiger partial charge in [-0.15, -0.1) is 0 Å². The number of benzene rings is 2. The molecule has 9 heteroatoms. The maximum absolute atomic E-state index is 5.91. The fourth-order valence-electron chi connectivity index (χ4n) is 3.00. The minimum Gasteiger partial charge on any atom is -0.497 e. The lowest BCUT2D eigenvalue weighted by atomic mass is 10.1. The van der Waals surface area contributed by atoms with Gasteiger partial charge in [-0.05, 0) is 34.6 Å². The van der Waals surface area contributed by atoms with Gasteiger partial charge < -0.3 is 19.9 Å². The molecule has 2 N–H and O–H groups in total. The molecule has 28 heavy (non-hydrogen) atoms. The van der Waals surface area contributed by atoms with Crippen molar-refractivity contribution in [3.8, 4) is 17.3 Å². The van der Waals surface area contributed by atoms with E-state index in [0.29, 0.717) is 23.8 Å². The van der Waals surface area contributed by atoms with Gasteiger partial charge in [-0.1, -0.05) is 29.4 Å². The number of para-hydroxylation sites is 2. The van der Waals surface area contributed by atoms with Crippen molar-refractivity contribution in [2.24, 2.45) is 5.16 Å². The lowest BCUT2D eigenvalue weighted by molar-refractivity contribution is 0.212. The number of imidazole rings is 1. The van der Waals surface area contributed by atoms with Crippen LogP contribution in [0.1, 0.15) is 5.56 Å².